The van der Waals surface area contributed by atoms with Crippen LogP contribution in [0.5, 0.6) is 0 Å². The molecule has 424 valence electrons. The fourth-order valence-corrected chi connectivity index (χ4v) is 13.4. The highest BCUT2D eigenvalue weighted by Crippen LogP contribution is 2.46. The number of hydrogen-bond donors (Lipinski definition) is 0. The Morgan fingerprint density at radius 2 is 0.429 bits per heavy atom. The van der Waals surface area contributed by atoms with Crippen LogP contribution in [-0.4, -0.2) is 0 Å². The van der Waals surface area contributed by atoms with Crippen molar-refractivity contribution in [3.63, 3.8) is 0 Å². The van der Waals surface area contributed by atoms with E-state index in [1.165, 1.54) is 298 Å². The van der Waals surface area contributed by atoms with Gasteiger partial charge in [-0.05, 0) is 104 Å². The molecule has 6 aromatic carbocycles. The van der Waals surface area contributed by atoms with E-state index >= 15 is 0 Å². The van der Waals surface area contributed by atoms with Gasteiger partial charge in [0.05, 0.1) is 12.2 Å². The number of aryl methyl sites for hydroxylation is 2. The third-order valence-electron chi connectivity index (χ3n) is 17.8. The standard InChI is InChI=1S/C76H114O/c1-5-9-13-17-21-25-29-31-35-39-51-63-65-53-43-47-57-69(65)75(70-58-48-44-54-66(63)70)73(61-41-37-33-27-23-19-15-11-7-3)77-74(62-42-38-34-28-24-20-16-12-8-4)76-71-59-49-45-55-67(71)64(68-56-46-50-60-72(68)76)52-40-36-32-30-26-22-18-14-10-6-2/h43-50,53-60,73-74H,5-42,51-52,61-62H2,1-4H3/t73-,74-/m0/s1. The quantitative estimate of drug-likeness (QED) is 0.0273. The molecule has 77 heavy (non-hydrogen) atoms. The molecule has 0 saturated carbocycles. The Morgan fingerprint density at radius 1 is 0.234 bits per heavy atom. The second-order valence-electron chi connectivity index (χ2n) is 24.2. The molecule has 0 heterocycles. The maximum Gasteiger partial charge on any atom is 0.0845 e. The van der Waals surface area contributed by atoms with Crippen molar-refractivity contribution in [2.24, 2.45) is 0 Å². The molecule has 6 aromatic rings. The van der Waals surface area contributed by atoms with Crippen LogP contribution in [0.25, 0.3) is 43.1 Å². The highest BCUT2D eigenvalue weighted by Gasteiger charge is 2.28. The van der Waals surface area contributed by atoms with Gasteiger partial charge in [-0.25, -0.2) is 0 Å². The fraction of sp³-hybridized carbons (Fsp3) is 0.632. The van der Waals surface area contributed by atoms with Gasteiger partial charge in [0.2, 0.25) is 0 Å². The van der Waals surface area contributed by atoms with Crippen LogP contribution < -0.4 is 0 Å². The van der Waals surface area contributed by atoms with Crippen LogP contribution in [0.1, 0.15) is 319 Å². The van der Waals surface area contributed by atoms with E-state index in [-0.39, 0.29) is 12.2 Å². The van der Waals surface area contributed by atoms with Gasteiger partial charge >= 0.3 is 0 Å². The molecular formula is C76H114O. The minimum Gasteiger partial charge on any atom is -0.366 e. The van der Waals surface area contributed by atoms with Crippen LogP contribution in [0.3, 0.4) is 0 Å². The lowest BCUT2D eigenvalue weighted by Gasteiger charge is -2.31. The van der Waals surface area contributed by atoms with Gasteiger partial charge in [-0.2, -0.15) is 0 Å². The van der Waals surface area contributed by atoms with E-state index in [0.29, 0.717) is 0 Å². The molecule has 0 N–H and O–H groups in total. The predicted octanol–water partition coefficient (Wildman–Crippen LogP) is 25.9. The summed E-state index contributed by atoms with van der Waals surface area (Å²) in [6.07, 6.45) is 55.9. The molecule has 0 radical (unpaired) electrons. The van der Waals surface area contributed by atoms with Crippen LogP contribution in [-0.2, 0) is 17.6 Å². The number of hydrogen-bond acceptors (Lipinski definition) is 1. The highest BCUT2D eigenvalue weighted by molar-refractivity contribution is 6.07. The smallest absolute Gasteiger partial charge is 0.0845 e. The maximum absolute atomic E-state index is 8.21. The zero-order valence-electron chi connectivity index (χ0n) is 50.5. The molecular weight excluding hydrogens is 929 g/mol. The number of benzene rings is 6. The molecule has 0 aliphatic heterocycles. The molecule has 0 saturated heterocycles. The van der Waals surface area contributed by atoms with E-state index in [1.54, 1.807) is 11.1 Å². The van der Waals surface area contributed by atoms with Crippen LogP contribution in [0.15, 0.2) is 97.1 Å². The molecule has 0 amide bonds. The Morgan fingerprint density at radius 3 is 0.662 bits per heavy atom. The molecule has 1 nitrogen and oxygen atoms in total. The van der Waals surface area contributed by atoms with Crippen molar-refractivity contribution >= 4 is 43.1 Å². The first kappa shape index (κ1) is 62.5. The minimum atomic E-state index is -0.00635. The molecule has 6 rings (SSSR count). The summed E-state index contributed by atoms with van der Waals surface area (Å²) in [5, 5.41) is 11.5. The van der Waals surface area contributed by atoms with Crippen LogP contribution >= 0.6 is 0 Å². The average Bonchev–Trinajstić information content (AvgIpc) is 3.46. The molecule has 0 spiro atoms. The highest BCUT2D eigenvalue weighted by atomic mass is 16.5. The summed E-state index contributed by atoms with van der Waals surface area (Å²) in [5.74, 6) is 0. The second kappa shape index (κ2) is 38.8. The van der Waals surface area contributed by atoms with Gasteiger partial charge < -0.3 is 4.74 Å². The van der Waals surface area contributed by atoms with E-state index < -0.39 is 0 Å². The van der Waals surface area contributed by atoms with Crippen LogP contribution in [0.2, 0.25) is 0 Å². The van der Waals surface area contributed by atoms with E-state index in [2.05, 4.69) is 125 Å². The normalized spacial score (nSPS) is 12.7. The maximum atomic E-state index is 8.21. The third kappa shape index (κ3) is 21.1. The van der Waals surface area contributed by atoms with Gasteiger partial charge in [0.1, 0.15) is 0 Å². The molecule has 0 aromatic heterocycles. The third-order valence-corrected chi connectivity index (χ3v) is 17.8. The SMILES string of the molecule is CCCCCCCCCCCCc1c2ccccc2c([C@H](CCCCCCCCCCC)O[C@@H](CCCCCCCCCCC)c2c3ccccc3c(CCCCCCCCCCCC)c3ccccc23)c2ccccc12. The molecule has 0 bridgehead atoms. The van der Waals surface area contributed by atoms with E-state index in [0.717, 1.165) is 25.7 Å². The zero-order valence-corrected chi connectivity index (χ0v) is 50.5. The molecule has 0 aliphatic rings. The monoisotopic (exact) mass is 1040 g/mol. The summed E-state index contributed by atoms with van der Waals surface area (Å²) < 4.78 is 8.21. The lowest BCUT2D eigenvalue weighted by molar-refractivity contribution is -0.0235. The van der Waals surface area contributed by atoms with Crippen molar-refractivity contribution in [3.05, 3.63) is 119 Å². The number of rotatable bonds is 46. The van der Waals surface area contributed by atoms with E-state index in [4.69, 9.17) is 4.74 Å². The topological polar surface area (TPSA) is 9.23 Å². The number of fused-ring (bicyclic) bond motifs is 4. The summed E-state index contributed by atoms with van der Waals surface area (Å²) in [5.41, 5.74) is 6.02. The van der Waals surface area contributed by atoms with Gasteiger partial charge in [0, 0.05) is 0 Å². The Balaban J connectivity index is 1.34. The lowest BCUT2D eigenvalue weighted by Crippen LogP contribution is -2.14. The predicted molar refractivity (Wildman–Crippen MR) is 344 cm³/mol. The van der Waals surface area contributed by atoms with Gasteiger partial charge in [-0.15, -0.1) is 0 Å². The Labute approximate surface area is 474 Å². The summed E-state index contributed by atoms with van der Waals surface area (Å²) in [6.45, 7) is 9.31. The number of ether oxygens (including phenoxy) is 1. The molecule has 1 heteroatoms. The minimum absolute atomic E-state index is 0.00635. The second-order valence-corrected chi connectivity index (χ2v) is 24.2. The van der Waals surface area contributed by atoms with Crippen molar-refractivity contribution in [2.75, 3.05) is 0 Å². The largest absolute Gasteiger partial charge is 0.366 e. The van der Waals surface area contributed by atoms with Crippen molar-refractivity contribution < 1.29 is 4.74 Å². The van der Waals surface area contributed by atoms with Crippen molar-refractivity contribution in [1.29, 1.82) is 0 Å². The van der Waals surface area contributed by atoms with Crippen molar-refractivity contribution in [2.45, 2.75) is 310 Å². The van der Waals surface area contributed by atoms with Gasteiger partial charge in [-0.3, -0.25) is 0 Å². The lowest BCUT2D eigenvalue weighted by atomic mass is 9.85. The average molecular weight is 1040 g/mol. The van der Waals surface area contributed by atoms with Crippen molar-refractivity contribution in [1.82, 2.24) is 0 Å². The summed E-state index contributed by atoms with van der Waals surface area (Å²) in [7, 11) is 0. The Hall–Kier alpha value is -3.68. The summed E-state index contributed by atoms with van der Waals surface area (Å²) >= 11 is 0. The summed E-state index contributed by atoms with van der Waals surface area (Å²) in [4.78, 5) is 0. The van der Waals surface area contributed by atoms with Gasteiger partial charge in [0.15, 0.2) is 0 Å². The molecule has 0 fully saturated rings. The van der Waals surface area contributed by atoms with Gasteiger partial charge in [0.25, 0.3) is 0 Å². The first-order valence-corrected chi connectivity index (χ1v) is 33.7. The number of unbranched alkanes of at least 4 members (excludes halogenated alkanes) is 34. The Bertz CT molecular complexity index is 2170. The molecule has 0 aliphatic carbocycles. The van der Waals surface area contributed by atoms with Crippen LogP contribution in [0, 0.1) is 0 Å². The molecule has 2 atom stereocenters. The molecule has 0 unspecified atom stereocenters. The zero-order chi connectivity index (χ0) is 53.8. The van der Waals surface area contributed by atoms with E-state index in [9.17, 15) is 0 Å². The first-order chi connectivity index (χ1) is 38.2. The van der Waals surface area contributed by atoms with Crippen molar-refractivity contribution in [3.8, 4) is 0 Å². The van der Waals surface area contributed by atoms with Crippen LogP contribution in [0.4, 0.5) is 0 Å². The fourth-order valence-electron chi connectivity index (χ4n) is 13.4. The Kier molecular flexibility index (Phi) is 31.5. The van der Waals surface area contributed by atoms with E-state index in [1.807, 2.05) is 0 Å². The summed E-state index contributed by atoms with van der Waals surface area (Å²) in [6, 6.07) is 38.2. The van der Waals surface area contributed by atoms with Gasteiger partial charge in [-0.1, -0.05) is 356 Å². The first-order valence-electron chi connectivity index (χ1n) is 33.7.